The lowest BCUT2D eigenvalue weighted by molar-refractivity contribution is -0.0317. The van der Waals surface area contributed by atoms with Crippen LogP contribution in [0.15, 0.2) is 43.0 Å². The van der Waals surface area contributed by atoms with Gasteiger partial charge >= 0.3 is 0 Å². The normalized spacial score (nSPS) is 22.4. The maximum Gasteiger partial charge on any atom is 0.138 e. The van der Waals surface area contributed by atoms with E-state index in [9.17, 15) is 0 Å². The molecule has 3 aliphatic rings. The molecule has 0 radical (unpaired) electrons. The van der Waals surface area contributed by atoms with Gasteiger partial charge in [-0.1, -0.05) is 18.9 Å². The topological polar surface area (TPSA) is 92.0 Å². The summed E-state index contributed by atoms with van der Waals surface area (Å²) < 4.78 is 21.8. The number of pyridine rings is 1. The van der Waals surface area contributed by atoms with Crippen molar-refractivity contribution in [2.45, 2.75) is 50.0 Å². The zero-order valence-electron chi connectivity index (χ0n) is 21.6. The summed E-state index contributed by atoms with van der Waals surface area (Å²) in [4.78, 5) is 8.54. The van der Waals surface area contributed by atoms with Gasteiger partial charge in [0.2, 0.25) is 0 Å². The highest BCUT2D eigenvalue weighted by atomic mass is 16.5. The van der Waals surface area contributed by atoms with Crippen molar-refractivity contribution in [1.29, 1.82) is 0 Å². The van der Waals surface area contributed by atoms with Crippen molar-refractivity contribution in [3.05, 3.63) is 54.1 Å². The molecule has 194 valence electrons. The predicted molar refractivity (Wildman–Crippen MR) is 143 cm³/mol. The molecular formula is C29H30N6O3. The summed E-state index contributed by atoms with van der Waals surface area (Å²) in [5.74, 6) is 0. The van der Waals surface area contributed by atoms with E-state index in [1.165, 1.54) is 29.4 Å². The minimum Gasteiger partial charge on any atom is -0.377 e. The third kappa shape index (κ3) is 3.12. The second kappa shape index (κ2) is 8.23. The minimum atomic E-state index is -0.216. The molecule has 0 bridgehead atoms. The van der Waals surface area contributed by atoms with Crippen molar-refractivity contribution < 1.29 is 14.2 Å². The summed E-state index contributed by atoms with van der Waals surface area (Å²) in [5.41, 5.74) is 8.64. The molecular weight excluding hydrogens is 480 g/mol. The highest BCUT2D eigenvalue weighted by Crippen LogP contribution is 2.53. The Morgan fingerprint density at radius 2 is 1.97 bits per heavy atom. The number of aryl methyl sites for hydroxylation is 1. The lowest BCUT2D eigenvalue weighted by atomic mass is 9.86. The average molecular weight is 511 g/mol. The number of methoxy groups -OCH3 is 1. The summed E-state index contributed by atoms with van der Waals surface area (Å²) in [6.07, 6.45) is 12.4. The molecule has 9 nitrogen and oxygen atoms in total. The monoisotopic (exact) mass is 510 g/mol. The number of H-pyrrole nitrogens is 1. The number of ether oxygens (including phenoxy) is 3. The fourth-order valence-corrected chi connectivity index (χ4v) is 6.96. The van der Waals surface area contributed by atoms with E-state index in [2.05, 4.69) is 39.2 Å². The van der Waals surface area contributed by atoms with Gasteiger partial charge in [-0.2, -0.15) is 10.2 Å². The summed E-state index contributed by atoms with van der Waals surface area (Å²) in [7, 11) is 3.68. The summed E-state index contributed by atoms with van der Waals surface area (Å²) in [5, 5.41) is 11.5. The first-order chi connectivity index (χ1) is 18.6. The van der Waals surface area contributed by atoms with Gasteiger partial charge in [-0.15, -0.1) is 0 Å². The second-order valence-electron chi connectivity index (χ2n) is 10.9. The average Bonchev–Trinajstić information content (AvgIpc) is 3.77. The van der Waals surface area contributed by atoms with E-state index in [-0.39, 0.29) is 17.7 Å². The van der Waals surface area contributed by atoms with E-state index in [0.717, 1.165) is 51.8 Å². The number of nitrogens with zero attached hydrogens (tertiary/aromatic N) is 5. The van der Waals surface area contributed by atoms with Crippen molar-refractivity contribution in [3.8, 4) is 22.4 Å². The number of aromatic nitrogens is 6. The largest absolute Gasteiger partial charge is 0.377 e. The molecule has 8 rings (SSSR count). The lowest BCUT2D eigenvalue weighted by Gasteiger charge is -2.24. The van der Waals surface area contributed by atoms with Gasteiger partial charge in [-0.05, 0) is 30.5 Å². The molecule has 4 aromatic heterocycles. The van der Waals surface area contributed by atoms with Crippen molar-refractivity contribution in [2.75, 3.05) is 20.3 Å². The molecule has 5 aromatic rings. The Labute approximate surface area is 219 Å². The number of rotatable bonds is 4. The molecule has 2 fully saturated rings. The van der Waals surface area contributed by atoms with Crippen LogP contribution in [0.2, 0.25) is 0 Å². The molecule has 0 unspecified atom stereocenters. The van der Waals surface area contributed by atoms with Crippen molar-refractivity contribution >= 4 is 21.9 Å². The van der Waals surface area contributed by atoms with Gasteiger partial charge in [0.25, 0.3) is 0 Å². The third-order valence-corrected chi connectivity index (χ3v) is 8.77. The molecule has 1 saturated heterocycles. The van der Waals surface area contributed by atoms with Gasteiger partial charge in [-0.25, -0.2) is 4.98 Å². The number of fused-ring (bicyclic) bond motifs is 5. The SMILES string of the molecule is CO[C@H]1COC[C@H]1n1ncc2cc(-c3c(-c4cnn(C)c4)[nH]c4ncc5c(c34)C3(CCCC3)OC5)ccc21. The smallest absolute Gasteiger partial charge is 0.138 e. The van der Waals surface area contributed by atoms with Crippen LogP contribution in [-0.2, 0) is 33.5 Å². The van der Waals surface area contributed by atoms with Crippen molar-refractivity contribution in [1.82, 2.24) is 29.5 Å². The number of benzene rings is 1. The van der Waals surface area contributed by atoms with Crippen LogP contribution in [0, 0.1) is 0 Å². The van der Waals surface area contributed by atoms with Gasteiger partial charge in [-0.3, -0.25) is 9.36 Å². The fourth-order valence-electron chi connectivity index (χ4n) is 6.96. The van der Waals surface area contributed by atoms with E-state index in [1.54, 1.807) is 7.11 Å². The lowest BCUT2D eigenvalue weighted by Crippen LogP contribution is -2.25. The van der Waals surface area contributed by atoms with E-state index >= 15 is 0 Å². The zero-order valence-corrected chi connectivity index (χ0v) is 21.6. The molecule has 2 aliphatic heterocycles. The van der Waals surface area contributed by atoms with Gasteiger partial charge in [0, 0.05) is 59.6 Å². The summed E-state index contributed by atoms with van der Waals surface area (Å²) in [6.45, 7) is 1.82. The third-order valence-electron chi connectivity index (χ3n) is 8.77. The van der Waals surface area contributed by atoms with E-state index < -0.39 is 0 Å². The van der Waals surface area contributed by atoms with Gasteiger partial charge in [0.15, 0.2) is 0 Å². The number of hydrogen-bond acceptors (Lipinski definition) is 6. The first kappa shape index (κ1) is 22.5. The molecule has 6 heterocycles. The molecule has 1 aliphatic carbocycles. The summed E-state index contributed by atoms with van der Waals surface area (Å²) in [6, 6.07) is 6.69. The first-order valence-corrected chi connectivity index (χ1v) is 13.4. The molecule has 1 aromatic carbocycles. The standard InChI is InChI=1S/C29H30N6O3/c1-34-13-19(12-31-34)27-24(25-26-20(10-30-28(25)33-27)14-38-29(26)7-3-4-8-29)17-5-6-21-18(9-17)11-32-35(21)22-15-37-16-23(22)36-2/h5-6,9-13,22-23H,3-4,7-8,14-16H2,1-2H3,(H,30,33)/t22-,23+/m1/s1. The van der Waals surface area contributed by atoms with E-state index in [0.29, 0.717) is 19.8 Å². The maximum absolute atomic E-state index is 6.53. The van der Waals surface area contributed by atoms with Crippen LogP contribution in [0.1, 0.15) is 42.9 Å². The van der Waals surface area contributed by atoms with E-state index in [4.69, 9.17) is 24.3 Å². The Morgan fingerprint density at radius 3 is 2.79 bits per heavy atom. The van der Waals surface area contributed by atoms with Crippen molar-refractivity contribution in [2.24, 2.45) is 7.05 Å². The maximum atomic E-state index is 6.53. The zero-order chi connectivity index (χ0) is 25.4. The molecule has 1 N–H and O–H groups in total. The first-order valence-electron chi connectivity index (χ1n) is 13.4. The van der Waals surface area contributed by atoms with Crippen molar-refractivity contribution in [3.63, 3.8) is 0 Å². The quantitative estimate of drug-likeness (QED) is 0.371. The Morgan fingerprint density at radius 1 is 1.08 bits per heavy atom. The van der Waals surface area contributed by atoms with Gasteiger partial charge in [0.1, 0.15) is 17.8 Å². The molecule has 0 amide bonds. The van der Waals surface area contributed by atoms with Gasteiger partial charge < -0.3 is 19.2 Å². The van der Waals surface area contributed by atoms with Crippen LogP contribution < -0.4 is 0 Å². The minimum absolute atomic E-state index is 0.000148. The van der Waals surface area contributed by atoms with Crippen LogP contribution in [0.4, 0.5) is 0 Å². The van der Waals surface area contributed by atoms with Crippen LogP contribution in [0.3, 0.4) is 0 Å². The highest BCUT2D eigenvalue weighted by Gasteiger charge is 2.45. The molecule has 2 atom stereocenters. The number of aromatic amines is 1. The number of hydrogen-bond donors (Lipinski definition) is 1. The Kier molecular flexibility index (Phi) is 4.86. The van der Waals surface area contributed by atoms with Crippen LogP contribution in [0.5, 0.6) is 0 Å². The van der Waals surface area contributed by atoms with Crippen LogP contribution in [-0.4, -0.2) is 56.0 Å². The second-order valence-corrected chi connectivity index (χ2v) is 10.9. The molecule has 1 spiro atoms. The summed E-state index contributed by atoms with van der Waals surface area (Å²) >= 11 is 0. The van der Waals surface area contributed by atoms with E-state index in [1.807, 2.05) is 30.3 Å². The Balaban J connectivity index is 1.36. The Bertz CT molecular complexity index is 1690. The molecule has 9 heteroatoms. The fraction of sp³-hybridized carbons (Fsp3) is 0.414. The predicted octanol–water partition coefficient (Wildman–Crippen LogP) is 4.87. The highest BCUT2D eigenvalue weighted by molar-refractivity contribution is 6.06. The Hall–Kier alpha value is -3.53. The molecule has 38 heavy (non-hydrogen) atoms. The van der Waals surface area contributed by atoms with Gasteiger partial charge in [0.05, 0.1) is 49.0 Å². The van der Waals surface area contributed by atoms with Crippen LogP contribution >= 0.6 is 0 Å². The number of nitrogens with one attached hydrogen (secondary N) is 1. The van der Waals surface area contributed by atoms with Crippen LogP contribution in [0.25, 0.3) is 44.3 Å². The molecule has 1 saturated carbocycles.